The van der Waals surface area contributed by atoms with Crippen molar-refractivity contribution in [2.75, 3.05) is 0 Å². The maximum atomic E-state index is 6.29. The SMILES string of the molecule is CCC=CCC1=NC2=C(C1)c1cc3c(cc1CC2)-c1ccc(-c2cnc(CC=CCC)[nH]2)cc1OC3. The van der Waals surface area contributed by atoms with Crippen LogP contribution in [0.1, 0.15) is 68.5 Å². The van der Waals surface area contributed by atoms with Crippen molar-refractivity contribution < 1.29 is 4.74 Å². The van der Waals surface area contributed by atoms with E-state index in [4.69, 9.17) is 9.73 Å². The maximum absolute atomic E-state index is 6.29. The van der Waals surface area contributed by atoms with E-state index < -0.39 is 0 Å². The first kappa shape index (κ1) is 22.8. The summed E-state index contributed by atoms with van der Waals surface area (Å²) >= 11 is 0. The number of hydrogen-bond donors (Lipinski definition) is 1. The van der Waals surface area contributed by atoms with Gasteiger partial charge in [0.25, 0.3) is 0 Å². The smallest absolute Gasteiger partial charge is 0.128 e. The van der Waals surface area contributed by atoms with Gasteiger partial charge in [0, 0.05) is 41.8 Å². The molecule has 0 amide bonds. The summed E-state index contributed by atoms with van der Waals surface area (Å²) in [5.41, 5.74) is 12.8. The van der Waals surface area contributed by atoms with Crippen LogP contribution >= 0.6 is 0 Å². The van der Waals surface area contributed by atoms with Crippen molar-refractivity contribution in [1.82, 2.24) is 9.97 Å². The third-order valence-electron chi connectivity index (χ3n) is 7.37. The fourth-order valence-corrected chi connectivity index (χ4v) is 5.53. The van der Waals surface area contributed by atoms with Gasteiger partial charge in [-0.2, -0.15) is 0 Å². The molecule has 2 aliphatic heterocycles. The van der Waals surface area contributed by atoms with Crippen LogP contribution in [-0.2, 0) is 19.4 Å². The Morgan fingerprint density at radius 1 is 0.889 bits per heavy atom. The molecule has 1 N–H and O–H groups in total. The molecule has 0 saturated carbocycles. The second kappa shape index (κ2) is 9.77. The quantitative estimate of drug-likeness (QED) is 0.352. The molecule has 0 atom stereocenters. The molecule has 0 spiro atoms. The van der Waals surface area contributed by atoms with Crippen LogP contribution in [0.4, 0.5) is 0 Å². The molecule has 0 radical (unpaired) electrons. The summed E-state index contributed by atoms with van der Waals surface area (Å²) in [5.74, 6) is 1.94. The van der Waals surface area contributed by atoms with E-state index in [1.807, 2.05) is 6.20 Å². The lowest BCUT2D eigenvalue weighted by molar-refractivity contribution is 0.302. The molecule has 0 fully saturated rings. The number of ether oxygens (including phenoxy) is 1. The van der Waals surface area contributed by atoms with Crippen LogP contribution in [0, 0.1) is 0 Å². The van der Waals surface area contributed by atoms with Crippen LogP contribution in [0.15, 0.2) is 71.5 Å². The molecule has 0 bridgehead atoms. The molecule has 182 valence electrons. The molecule has 0 unspecified atom stereocenters. The van der Waals surface area contributed by atoms with Crippen molar-refractivity contribution in [3.8, 4) is 28.1 Å². The molecular weight excluding hydrogens is 442 g/mol. The molecule has 1 aromatic heterocycles. The summed E-state index contributed by atoms with van der Waals surface area (Å²) in [6.07, 6.45) is 17.8. The number of aryl methyl sites for hydroxylation is 1. The molecular formula is C32H33N3O. The predicted molar refractivity (Wildman–Crippen MR) is 148 cm³/mol. The van der Waals surface area contributed by atoms with E-state index in [0.29, 0.717) is 6.61 Å². The zero-order valence-electron chi connectivity index (χ0n) is 21.2. The molecule has 2 aromatic carbocycles. The van der Waals surface area contributed by atoms with E-state index in [1.165, 1.54) is 44.8 Å². The lowest BCUT2D eigenvalue weighted by atomic mass is 9.83. The zero-order chi connectivity index (χ0) is 24.5. The van der Waals surface area contributed by atoms with E-state index in [-0.39, 0.29) is 0 Å². The average molecular weight is 476 g/mol. The first-order valence-corrected chi connectivity index (χ1v) is 13.3. The Hall–Kier alpha value is -3.66. The molecule has 3 heterocycles. The van der Waals surface area contributed by atoms with Gasteiger partial charge in [-0.3, -0.25) is 4.99 Å². The van der Waals surface area contributed by atoms with Gasteiger partial charge in [-0.05, 0) is 77.8 Å². The Morgan fingerprint density at radius 2 is 1.72 bits per heavy atom. The van der Waals surface area contributed by atoms with Crippen LogP contribution in [0.2, 0.25) is 0 Å². The van der Waals surface area contributed by atoms with Crippen LogP contribution in [-0.4, -0.2) is 15.7 Å². The zero-order valence-corrected chi connectivity index (χ0v) is 21.2. The number of nitrogens with one attached hydrogen (secondary N) is 1. The Morgan fingerprint density at radius 3 is 2.58 bits per heavy atom. The summed E-state index contributed by atoms with van der Waals surface area (Å²) in [5, 5.41) is 0. The lowest BCUT2D eigenvalue weighted by Crippen LogP contribution is -2.10. The van der Waals surface area contributed by atoms with Gasteiger partial charge in [0.15, 0.2) is 0 Å². The van der Waals surface area contributed by atoms with Crippen molar-refractivity contribution >= 4 is 11.3 Å². The van der Waals surface area contributed by atoms with Gasteiger partial charge in [-0.15, -0.1) is 0 Å². The van der Waals surface area contributed by atoms with Crippen molar-refractivity contribution in [3.05, 3.63) is 89.0 Å². The summed E-state index contributed by atoms with van der Waals surface area (Å²) in [6, 6.07) is 11.3. The molecule has 4 heteroatoms. The number of aromatic nitrogens is 2. The fraction of sp³-hybridized carbons (Fsp3) is 0.312. The second-order valence-electron chi connectivity index (χ2n) is 9.86. The van der Waals surface area contributed by atoms with E-state index in [9.17, 15) is 0 Å². The normalized spacial score (nSPS) is 16.1. The van der Waals surface area contributed by atoms with Gasteiger partial charge < -0.3 is 9.72 Å². The van der Waals surface area contributed by atoms with Crippen LogP contribution in [0.3, 0.4) is 0 Å². The fourth-order valence-electron chi connectivity index (χ4n) is 5.53. The predicted octanol–water partition coefficient (Wildman–Crippen LogP) is 8.00. The molecule has 1 aliphatic carbocycles. The Balaban J connectivity index is 1.26. The minimum absolute atomic E-state index is 0.602. The summed E-state index contributed by atoms with van der Waals surface area (Å²) < 4.78 is 6.29. The maximum Gasteiger partial charge on any atom is 0.128 e. The van der Waals surface area contributed by atoms with E-state index in [1.54, 1.807) is 0 Å². The Kier molecular flexibility index (Phi) is 6.18. The van der Waals surface area contributed by atoms with Crippen molar-refractivity contribution in [2.24, 2.45) is 4.99 Å². The highest BCUT2D eigenvalue weighted by Crippen LogP contribution is 2.45. The first-order chi connectivity index (χ1) is 17.7. The topological polar surface area (TPSA) is 50.3 Å². The highest BCUT2D eigenvalue weighted by molar-refractivity contribution is 6.01. The van der Waals surface area contributed by atoms with Crippen molar-refractivity contribution in [3.63, 3.8) is 0 Å². The first-order valence-electron chi connectivity index (χ1n) is 13.3. The minimum Gasteiger partial charge on any atom is -0.488 e. The van der Waals surface area contributed by atoms with E-state index >= 15 is 0 Å². The molecule has 3 aromatic rings. The number of H-pyrrole nitrogens is 1. The van der Waals surface area contributed by atoms with Crippen LogP contribution < -0.4 is 4.74 Å². The van der Waals surface area contributed by atoms with Gasteiger partial charge in [0.05, 0.1) is 11.9 Å². The molecule has 3 aliphatic rings. The minimum atomic E-state index is 0.602. The number of aromatic amines is 1. The van der Waals surface area contributed by atoms with Crippen LogP contribution in [0.25, 0.3) is 28.0 Å². The van der Waals surface area contributed by atoms with Gasteiger partial charge in [-0.25, -0.2) is 4.98 Å². The highest BCUT2D eigenvalue weighted by Gasteiger charge is 2.28. The van der Waals surface area contributed by atoms with Gasteiger partial charge in [-0.1, -0.05) is 44.2 Å². The number of aliphatic imine (C=N–C) groups is 1. The summed E-state index contributed by atoms with van der Waals surface area (Å²) in [7, 11) is 0. The van der Waals surface area contributed by atoms with E-state index in [0.717, 1.165) is 67.8 Å². The number of rotatable bonds is 7. The number of nitrogens with zero attached hydrogens (tertiary/aromatic N) is 2. The monoisotopic (exact) mass is 475 g/mol. The summed E-state index contributed by atoms with van der Waals surface area (Å²) in [4.78, 5) is 13.0. The van der Waals surface area contributed by atoms with Gasteiger partial charge in [0.1, 0.15) is 18.2 Å². The standard InChI is InChI=1S/C32H33N3O/c1-3-5-7-9-24-18-28-26-16-23-20-36-31-17-22(30-19-33-32(35-30)10-8-6-4-2)11-13-25(31)27(23)15-21(26)12-14-29(28)34-24/h5-8,11,13,15-17,19H,3-4,9-10,12,14,18,20H2,1-2H3,(H,33,35). The molecule has 4 nitrogen and oxygen atoms in total. The van der Waals surface area contributed by atoms with Gasteiger partial charge >= 0.3 is 0 Å². The number of allylic oxidation sites excluding steroid dienone is 6. The second-order valence-corrected chi connectivity index (χ2v) is 9.86. The number of fused-ring (bicyclic) bond motifs is 5. The molecule has 6 rings (SSSR count). The lowest BCUT2D eigenvalue weighted by Gasteiger charge is -2.26. The Labute approximate surface area is 213 Å². The largest absolute Gasteiger partial charge is 0.488 e. The van der Waals surface area contributed by atoms with E-state index in [2.05, 4.69) is 78.5 Å². The Bertz CT molecular complexity index is 1430. The molecule has 0 saturated heterocycles. The summed E-state index contributed by atoms with van der Waals surface area (Å²) in [6.45, 7) is 4.92. The van der Waals surface area contributed by atoms with Gasteiger partial charge in [0.2, 0.25) is 0 Å². The average Bonchev–Trinajstić information content (AvgIpc) is 3.55. The number of hydrogen-bond acceptors (Lipinski definition) is 3. The third kappa shape index (κ3) is 4.26. The van der Waals surface area contributed by atoms with Crippen molar-refractivity contribution in [2.45, 2.75) is 65.4 Å². The van der Waals surface area contributed by atoms with Crippen LogP contribution in [0.5, 0.6) is 5.75 Å². The molecule has 36 heavy (non-hydrogen) atoms. The third-order valence-corrected chi connectivity index (χ3v) is 7.37. The number of benzene rings is 2. The van der Waals surface area contributed by atoms with Crippen molar-refractivity contribution in [1.29, 1.82) is 0 Å². The highest BCUT2D eigenvalue weighted by atomic mass is 16.5. The number of imidazole rings is 1.